The molecule has 0 N–H and O–H groups in total. The predicted octanol–water partition coefficient (Wildman–Crippen LogP) is 2.53. The van der Waals surface area contributed by atoms with Gasteiger partial charge in [0, 0.05) is 6.42 Å². The molecule has 3 aliphatic rings. The molecule has 9 atom stereocenters. The van der Waals surface area contributed by atoms with E-state index in [1.807, 2.05) is 36.4 Å². The molecule has 0 spiro atoms. The lowest BCUT2D eigenvalue weighted by molar-refractivity contribution is -0.254. The Bertz CT molecular complexity index is 378. The summed E-state index contributed by atoms with van der Waals surface area (Å²) >= 11 is 5.63. The van der Waals surface area contributed by atoms with Crippen LogP contribution in [0.25, 0.3) is 0 Å². The molecule has 0 saturated carbocycles. The van der Waals surface area contributed by atoms with Crippen molar-refractivity contribution in [3.8, 4) is 0 Å². The van der Waals surface area contributed by atoms with Gasteiger partial charge in [-0.3, -0.25) is 0 Å². The summed E-state index contributed by atoms with van der Waals surface area (Å²) in [7, 11) is 0. The second kappa shape index (κ2) is 6.82. The Morgan fingerprint density at radius 1 is 1.19 bits per heavy atom. The number of fused-ring (bicyclic) bond motifs is 1. The Kier molecular flexibility index (Phi) is 5.45. The first-order valence-electron chi connectivity index (χ1n) is 7.09. The Morgan fingerprint density at radius 2 is 1.90 bits per heavy atom. The molecule has 3 fully saturated rings. The molecule has 3 rings (SSSR count). The lowest BCUT2D eigenvalue weighted by Gasteiger charge is -2.42. The van der Waals surface area contributed by atoms with Gasteiger partial charge in [0.15, 0.2) is 6.29 Å². The summed E-state index contributed by atoms with van der Waals surface area (Å²) in [5, 5.41) is 0. The Balaban J connectivity index is 1.66. The average Bonchev–Trinajstić information content (AvgIpc) is 2.91. The Labute approximate surface area is 145 Å². The topological polar surface area (TPSA) is 46.2 Å². The minimum atomic E-state index is -1.31. The molecule has 122 valence electrons. The highest BCUT2D eigenvalue weighted by molar-refractivity contribution is 14.1. The number of ether oxygens (including phenoxy) is 5. The van der Waals surface area contributed by atoms with Gasteiger partial charge in [0.2, 0.25) is 6.36 Å². The third kappa shape index (κ3) is 3.41. The minimum absolute atomic E-state index is 0.0906. The summed E-state index contributed by atoms with van der Waals surface area (Å²) in [5.74, 6) is 0. The number of alkyl halides is 3. The zero-order chi connectivity index (χ0) is 15.1. The van der Waals surface area contributed by atoms with Crippen molar-refractivity contribution in [1.29, 1.82) is 0 Å². The van der Waals surface area contributed by atoms with E-state index in [4.69, 9.17) is 23.7 Å². The van der Waals surface area contributed by atoms with Crippen LogP contribution in [-0.4, -0.2) is 58.7 Å². The molecule has 0 aromatic heterocycles. The van der Waals surface area contributed by atoms with Gasteiger partial charge >= 0.3 is 0 Å². The fourth-order valence-electron chi connectivity index (χ4n) is 2.97. The minimum Gasteiger partial charge on any atom is -0.348 e. The van der Waals surface area contributed by atoms with Gasteiger partial charge in [0.25, 0.3) is 0 Å². The van der Waals surface area contributed by atoms with Crippen LogP contribution in [0, 0.1) is 0 Å². The maximum Gasteiger partial charge on any atom is 0.213 e. The Hall–Kier alpha value is 0.940. The second-order valence-electron chi connectivity index (χ2n) is 5.69. The van der Waals surface area contributed by atoms with Crippen LogP contribution in [0.5, 0.6) is 0 Å². The summed E-state index contributed by atoms with van der Waals surface area (Å²) in [5.41, 5.74) is 0. The van der Waals surface area contributed by atoms with Crippen LogP contribution in [0.2, 0.25) is 0 Å². The van der Waals surface area contributed by atoms with E-state index in [1.54, 1.807) is 0 Å². The van der Waals surface area contributed by atoms with Crippen LogP contribution in [-0.2, 0) is 23.7 Å². The third-order valence-corrected chi connectivity index (χ3v) is 6.39. The van der Waals surface area contributed by atoms with Crippen LogP contribution < -0.4 is 0 Å². The van der Waals surface area contributed by atoms with Crippen molar-refractivity contribution < 1.29 is 28.1 Å². The lowest BCUT2D eigenvalue weighted by atomic mass is 10.0. The molecule has 0 aliphatic carbocycles. The van der Waals surface area contributed by atoms with E-state index in [-0.39, 0.29) is 46.1 Å². The number of hydrogen-bond donors (Lipinski definition) is 0. The zero-order valence-corrected chi connectivity index (χ0v) is 15.5. The fourth-order valence-corrected chi connectivity index (χ4v) is 4.30. The molecule has 21 heavy (non-hydrogen) atoms. The molecular weight excluding hydrogens is 462 g/mol. The van der Waals surface area contributed by atoms with Gasteiger partial charge in [-0.1, -0.05) is 38.5 Å². The van der Waals surface area contributed by atoms with Gasteiger partial charge in [-0.25, -0.2) is 4.39 Å². The highest BCUT2D eigenvalue weighted by atomic mass is 127. The fraction of sp³-hybridized carbons (Fsp3) is 1.00. The molecule has 3 aliphatic heterocycles. The summed E-state index contributed by atoms with van der Waals surface area (Å²) in [6.07, 6.45) is -1.88. The van der Waals surface area contributed by atoms with Crippen molar-refractivity contribution in [1.82, 2.24) is 0 Å². The van der Waals surface area contributed by atoms with Gasteiger partial charge in [-0.15, -0.1) is 0 Å². The van der Waals surface area contributed by atoms with Gasteiger partial charge in [-0.2, -0.15) is 0 Å². The van der Waals surface area contributed by atoms with E-state index in [2.05, 4.69) is 15.9 Å². The molecule has 3 saturated heterocycles. The zero-order valence-electron chi connectivity index (χ0n) is 11.8. The third-order valence-electron chi connectivity index (χ3n) is 4.07. The highest BCUT2D eigenvalue weighted by Crippen LogP contribution is 2.37. The monoisotopic (exact) mass is 480 g/mol. The SMILES string of the molecule is C[C@@H]1C[C@H](O[C@@H]2O[C@H](C)[C@@H]3OCO[C@@H]3[C@H]2Br)[C@@H](I)[C@@H](F)O1. The first-order chi connectivity index (χ1) is 9.97. The molecule has 8 heteroatoms. The second-order valence-corrected chi connectivity index (χ2v) is 8.18. The molecule has 0 amide bonds. The summed E-state index contributed by atoms with van der Waals surface area (Å²) < 4.78 is 41.7. The van der Waals surface area contributed by atoms with Crippen molar-refractivity contribution in [2.45, 2.75) is 72.2 Å². The Morgan fingerprint density at radius 3 is 2.67 bits per heavy atom. The summed E-state index contributed by atoms with van der Waals surface area (Å²) in [6, 6.07) is 0. The van der Waals surface area contributed by atoms with Gasteiger partial charge in [0.1, 0.15) is 19.0 Å². The molecule has 0 bridgehead atoms. The van der Waals surface area contributed by atoms with Crippen LogP contribution >= 0.6 is 38.5 Å². The highest BCUT2D eigenvalue weighted by Gasteiger charge is 2.50. The molecule has 5 nitrogen and oxygen atoms in total. The first kappa shape index (κ1) is 16.8. The molecular formula is C13H19BrFIO5. The number of rotatable bonds is 2. The standard InChI is InChI=1S/C13H19BrFIO5/c1-5-3-7(9(16)12(15)19-5)21-13-8(14)11-10(6(2)20-13)17-4-18-11/h5-13H,3-4H2,1-2H3/t5-,6-,7+,8-,9-,10+,11-,12+,13+/m1/s1. The number of hydrogen-bond acceptors (Lipinski definition) is 5. The molecule has 0 radical (unpaired) electrons. The quantitative estimate of drug-likeness (QED) is 0.449. The van der Waals surface area contributed by atoms with E-state index in [1.165, 1.54) is 0 Å². The van der Waals surface area contributed by atoms with Crippen LogP contribution in [0.4, 0.5) is 4.39 Å². The summed E-state index contributed by atoms with van der Waals surface area (Å²) in [4.78, 5) is -0.138. The van der Waals surface area contributed by atoms with Crippen molar-refractivity contribution >= 4 is 38.5 Å². The van der Waals surface area contributed by atoms with Crippen LogP contribution in [0.3, 0.4) is 0 Å². The van der Waals surface area contributed by atoms with Crippen molar-refractivity contribution in [2.75, 3.05) is 6.79 Å². The van der Waals surface area contributed by atoms with Gasteiger partial charge in [-0.05, 0) is 13.8 Å². The smallest absolute Gasteiger partial charge is 0.213 e. The first-order valence-corrected chi connectivity index (χ1v) is 9.25. The summed E-state index contributed by atoms with van der Waals surface area (Å²) in [6.45, 7) is 4.06. The predicted molar refractivity (Wildman–Crippen MR) is 84.4 cm³/mol. The molecule has 3 heterocycles. The maximum atomic E-state index is 13.8. The van der Waals surface area contributed by atoms with Gasteiger partial charge < -0.3 is 23.7 Å². The van der Waals surface area contributed by atoms with Crippen LogP contribution in [0.15, 0.2) is 0 Å². The number of halogens is 3. The van der Waals surface area contributed by atoms with Gasteiger partial charge in [0.05, 0.1) is 27.1 Å². The van der Waals surface area contributed by atoms with E-state index in [9.17, 15) is 4.39 Å². The van der Waals surface area contributed by atoms with E-state index in [0.717, 1.165) is 0 Å². The van der Waals surface area contributed by atoms with E-state index >= 15 is 0 Å². The van der Waals surface area contributed by atoms with Crippen molar-refractivity contribution in [3.05, 3.63) is 0 Å². The largest absolute Gasteiger partial charge is 0.348 e. The molecule has 0 aromatic rings. The van der Waals surface area contributed by atoms with Crippen molar-refractivity contribution in [3.63, 3.8) is 0 Å². The molecule has 0 aromatic carbocycles. The molecule has 0 unspecified atom stereocenters. The van der Waals surface area contributed by atoms with E-state index in [0.29, 0.717) is 6.42 Å². The maximum absolute atomic E-state index is 13.8. The lowest BCUT2D eigenvalue weighted by Crippen LogP contribution is -2.56. The van der Waals surface area contributed by atoms with Crippen molar-refractivity contribution in [2.24, 2.45) is 0 Å². The average molecular weight is 481 g/mol. The van der Waals surface area contributed by atoms with Crippen LogP contribution in [0.1, 0.15) is 20.3 Å². The normalized spacial score (nSPS) is 54.4. The van der Waals surface area contributed by atoms with E-state index < -0.39 is 12.6 Å².